The zero-order valence-electron chi connectivity index (χ0n) is 12.7. The van der Waals surface area contributed by atoms with Crippen LogP contribution in [0.5, 0.6) is 0 Å². The molecule has 2 atom stereocenters. The van der Waals surface area contributed by atoms with Gasteiger partial charge in [0, 0.05) is 29.7 Å². The molecule has 0 bridgehead atoms. The number of nitrogens with one attached hydrogen (secondary N) is 1. The van der Waals surface area contributed by atoms with Crippen LogP contribution in [0.4, 0.5) is 5.69 Å². The molecular formula is C16H19BrN2O4. The highest BCUT2D eigenvalue weighted by Gasteiger charge is 2.38. The number of anilines is 1. The molecule has 1 aromatic carbocycles. The number of hydrogen-bond donors (Lipinski definition) is 1. The first-order valence-electron chi connectivity index (χ1n) is 7.79. The van der Waals surface area contributed by atoms with Gasteiger partial charge in [-0.1, -0.05) is 22.0 Å². The summed E-state index contributed by atoms with van der Waals surface area (Å²) in [5.74, 6) is -1.31. The fourth-order valence-corrected chi connectivity index (χ4v) is 3.21. The first-order chi connectivity index (χ1) is 11.1. The molecule has 1 aromatic rings. The van der Waals surface area contributed by atoms with Gasteiger partial charge >= 0.3 is 0 Å². The quantitative estimate of drug-likeness (QED) is 0.641. The van der Waals surface area contributed by atoms with Crippen LogP contribution < -0.4 is 10.4 Å². The maximum atomic E-state index is 12.5. The molecule has 0 aromatic heterocycles. The van der Waals surface area contributed by atoms with Crippen molar-refractivity contribution < 1.29 is 19.2 Å². The number of carbonyl (C=O) groups excluding carboxylic acids is 2. The molecule has 2 aliphatic heterocycles. The van der Waals surface area contributed by atoms with E-state index >= 15 is 0 Å². The Labute approximate surface area is 143 Å². The summed E-state index contributed by atoms with van der Waals surface area (Å²) in [5.41, 5.74) is 3.18. The molecule has 0 saturated carbocycles. The predicted octanol–water partition coefficient (Wildman–Crippen LogP) is 2.38. The molecule has 0 spiro atoms. The average molecular weight is 383 g/mol. The number of hydrogen-bond acceptors (Lipinski definition) is 4. The topological polar surface area (TPSA) is 67.9 Å². The highest BCUT2D eigenvalue weighted by Crippen LogP contribution is 2.27. The van der Waals surface area contributed by atoms with Crippen LogP contribution in [-0.4, -0.2) is 31.3 Å². The van der Waals surface area contributed by atoms with Crippen LogP contribution in [0.2, 0.25) is 0 Å². The molecule has 124 valence electrons. The summed E-state index contributed by atoms with van der Waals surface area (Å²) >= 11 is 3.39. The average Bonchev–Trinajstić information content (AvgIpc) is 2.95. The van der Waals surface area contributed by atoms with Gasteiger partial charge in [-0.05, 0) is 37.5 Å². The van der Waals surface area contributed by atoms with Gasteiger partial charge in [0.15, 0.2) is 6.29 Å². The second-order valence-electron chi connectivity index (χ2n) is 5.69. The van der Waals surface area contributed by atoms with Gasteiger partial charge in [-0.25, -0.2) is 10.3 Å². The van der Waals surface area contributed by atoms with Crippen molar-refractivity contribution in [3.63, 3.8) is 0 Å². The lowest BCUT2D eigenvalue weighted by atomic mass is 10.1. The maximum Gasteiger partial charge on any atom is 0.256 e. The zero-order chi connectivity index (χ0) is 16.2. The van der Waals surface area contributed by atoms with E-state index in [-0.39, 0.29) is 5.91 Å². The van der Waals surface area contributed by atoms with Crippen molar-refractivity contribution >= 4 is 33.4 Å². The SMILES string of the molecule is O=C(NO[C@@H]1CCCCO1)[C@@H]1CCN(c2cccc(Br)c2)C1=O. The Bertz CT molecular complexity index is 589. The molecule has 0 unspecified atom stereocenters. The third-order valence-corrected chi connectivity index (χ3v) is 4.56. The lowest BCUT2D eigenvalue weighted by Crippen LogP contribution is -2.39. The first-order valence-corrected chi connectivity index (χ1v) is 8.58. The molecule has 2 amide bonds. The van der Waals surface area contributed by atoms with Gasteiger partial charge in [0.1, 0.15) is 5.92 Å². The van der Waals surface area contributed by atoms with Gasteiger partial charge < -0.3 is 9.64 Å². The Kier molecular flexibility index (Phi) is 5.30. The van der Waals surface area contributed by atoms with E-state index in [0.29, 0.717) is 19.6 Å². The molecule has 2 aliphatic rings. The van der Waals surface area contributed by atoms with Gasteiger partial charge in [0.25, 0.3) is 5.91 Å². The summed E-state index contributed by atoms with van der Waals surface area (Å²) in [7, 11) is 0. The summed E-state index contributed by atoms with van der Waals surface area (Å²) < 4.78 is 6.28. The normalized spacial score (nSPS) is 24.7. The molecule has 1 N–H and O–H groups in total. The zero-order valence-corrected chi connectivity index (χ0v) is 14.3. The second-order valence-corrected chi connectivity index (χ2v) is 6.61. The van der Waals surface area contributed by atoms with E-state index in [1.54, 1.807) is 4.90 Å². The van der Waals surface area contributed by atoms with Gasteiger partial charge in [-0.3, -0.25) is 9.59 Å². The molecular weight excluding hydrogens is 364 g/mol. The molecule has 2 fully saturated rings. The second kappa shape index (κ2) is 7.42. The Morgan fingerprint density at radius 1 is 1.35 bits per heavy atom. The van der Waals surface area contributed by atoms with Crippen LogP contribution in [-0.2, 0) is 19.2 Å². The van der Waals surface area contributed by atoms with E-state index < -0.39 is 18.1 Å². The number of benzene rings is 1. The van der Waals surface area contributed by atoms with Crippen molar-refractivity contribution in [3.05, 3.63) is 28.7 Å². The van der Waals surface area contributed by atoms with Gasteiger partial charge in [0.2, 0.25) is 5.91 Å². The minimum atomic E-state index is -0.711. The number of amides is 2. The Hall–Kier alpha value is -1.44. The maximum absolute atomic E-state index is 12.5. The van der Waals surface area contributed by atoms with Crippen molar-refractivity contribution in [1.82, 2.24) is 5.48 Å². The lowest BCUT2D eigenvalue weighted by molar-refractivity contribution is -0.202. The standard InChI is InChI=1S/C16H19BrN2O4/c17-11-4-3-5-12(10-11)19-8-7-13(16(19)21)15(20)18-23-14-6-1-2-9-22-14/h3-5,10,13-14H,1-2,6-9H2,(H,18,20)/t13-,14+/m0/s1. The Balaban J connectivity index is 1.56. The molecule has 2 heterocycles. The van der Waals surface area contributed by atoms with Crippen molar-refractivity contribution in [3.8, 4) is 0 Å². The molecule has 0 aliphatic carbocycles. The van der Waals surface area contributed by atoms with Crippen LogP contribution in [0.1, 0.15) is 25.7 Å². The monoisotopic (exact) mass is 382 g/mol. The molecule has 3 rings (SSSR count). The highest BCUT2D eigenvalue weighted by molar-refractivity contribution is 9.10. The van der Waals surface area contributed by atoms with Gasteiger partial charge in [-0.2, -0.15) is 0 Å². The number of rotatable bonds is 4. The van der Waals surface area contributed by atoms with Crippen molar-refractivity contribution in [2.45, 2.75) is 32.0 Å². The van der Waals surface area contributed by atoms with Gasteiger partial charge in [0.05, 0.1) is 0 Å². The fraction of sp³-hybridized carbons (Fsp3) is 0.500. The Morgan fingerprint density at radius 2 is 2.22 bits per heavy atom. The molecule has 2 saturated heterocycles. The summed E-state index contributed by atoms with van der Waals surface area (Å²) in [6, 6.07) is 7.48. The van der Waals surface area contributed by atoms with E-state index in [1.807, 2.05) is 24.3 Å². The number of ether oxygens (including phenoxy) is 1. The summed E-state index contributed by atoms with van der Waals surface area (Å²) in [6.07, 6.45) is 2.84. The molecule has 6 nitrogen and oxygen atoms in total. The van der Waals surface area contributed by atoms with Crippen molar-refractivity contribution in [2.24, 2.45) is 5.92 Å². The number of halogens is 1. The third kappa shape index (κ3) is 3.91. The van der Waals surface area contributed by atoms with E-state index in [0.717, 1.165) is 29.4 Å². The Morgan fingerprint density at radius 3 is 2.96 bits per heavy atom. The van der Waals surface area contributed by atoms with Crippen LogP contribution in [0, 0.1) is 5.92 Å². The van der Waals surface area contributed by atoms with Crippen LogP contribution in [0.3, 0.4) is 0 Å². The molecule has 7 heteroatoms. The summed E-state index contributed by atoms with van der Waals surface area (Å²) in [4.78, 5) is 31.6. The van der Waals surface area contributed by atoms with Crippen LogP contribution >= 0.6 is 15.9 Å². The van der Waals surface area contributed by atoms with E-state index in [4.69, 9.17) is 9.57 Å². The largest absolute Gasteiger partial charge is 0.350 e. The van der Waals surface area contributed by atoms with Crippen molar-refractivity contribution in [1.29, 1.82) is 0 Å². The van der Waals surface area contributed by atoms with Crippen molar-refractivity contribution in [2.75, 3.05) is 18.1 Å². The predicted molar refractivity (Wildman–Crippen MR) is 87.4 cm³/mol. The molecule has 23 heavy (non-hydrogen) atoms. The molecule has 0 radical (unpaired) electrons. The van der Waals surface area contributed by atoms with E-state index in [2.05, 4.69) is 21.4 Å². The van der Waals surface area contributed by atoms with Gasteiger partial charge in [-0.15, -0.1) is 0 Å². The van der Waals surface area contributed by atoms with E-state index in [1.165, 1.54) is 0 Å². The van der Waals surface area contributed by atoms with E-state index in [9.17, 15) is 9.59 Å². The minimum absolute atomic E-state index is 0.200. The number of hydroxylamine groups is 1. The summed E-state index contributed by atoms with van der Waals surface area (Å²) in [5, 5.41) is 0. The fourth-order valence-electron chi connectivity index (χ4n) is 2.82. The van der Waals surface area contributed by atoms with Crippen LogP contribution in [0.15, 0.2) is 28.7 Å². The smallest absolute Gasteiger partial charge is 0.256 e. The third-order valence-electron chi connectivity index (χ3n) is 4.07. The summed E-state index contributed by atoms with van der Waals surface area (Å²) in [6.45, 7) is 1.16. The first kappa shape index (κ1) is 16.4. The lowest BCUT2D eigenvalue weighted by Gasteiger charge is -2.22. The van der Waals surface area contributed by atoms with Crippen LogP contribution in [0.25, 0.3) is 0 Å². The number of carbonyl (C=O) groups is 2. The number of nitrogens with zero attached hydrogens (tertiary/aromatic N) is 1. The highest BCUT2D eigenvalue weighted by atomic mass is 79.9. The minimum Gasteiger partial charge on any atom is -0.350 e.